The minimum atomic E-state index is -0.376. The first kappa shape index (κ1) is 23.5. The highest BCUT2D eigenvalue weighted by Gasteiger charge is 2.42. The van der Waals surface area contributed by atoms with Gasteiger partial charge < -0.3 is 5.32 Å². The Morgan fingerprint density at radius 1 is 0.833 bits per heavy atom. The number of hydrogen-bond donors (Lipinski definition) is 1. The second-order valence-corrected chi connectivity index (χ2v) is 12.0. The molecule has 0 saturated heterocycles. The molecule has 2 nitrogen and oxygen atoms in total. The Kier molecular flexibility index (Phi) is 6.84. The molecule has 0 bridgehead atoms. The molecule has 0 aliphatic heterocycles. The molecule has 1 amide bonds. The Bertz CT molecular complexity index is 430. The van der Waals surface area contributed by atoms with E-state index in [0.29, 0.717) is 5.92 Å². The second kappa shape index (κ2) is 7.00. The molecule has 0 heterocycles. The van der Waals surface area contributed by atoms with Crippen LogP contribution in [0.3, 0.4) is 0 Å². The first-order valence-electron chi connectivity index (χ1n) is 9.54. The molecule has 0 aromatic carbocycles. The summed E-state index contributed by atoms with van der Waals surface area (Å²) in [5.41, 5.74) is -0.0464. The van der Waals surface area contributed by atoms with Crippen molar-refractivity contribution in [2.24, 2.45) is 27.6 Å². The molecule has 0 aromatic heterocycles. The van der Waals surface area contributed by atoms with Gasteiger partial charge in [0.05, 0.1) is 0 Å². The van der Waals surface area contributed by atoms with Crippen LogP contribution < -0.4 is 5.32 Å². The molecule has 2 heteroatoms. The molecule has 1 N–H and O–H groups in total. The third kappa shape index (κ3) is 6.76. The van der Waals surface area contributed by atoms with Crippen LogP contribution in [0.15, 0.2) is 0 Å². The lowest BCUT2D eigenvalue weighted by atomic mass is 9.62. The summed E-state index contributed by atoms with van der Waals surface area (Å²) in [6, 6.07) is 0. The van der Waals surface area contributed by atoms with Gasteiger partial charge in [-0.05, 0) is 48.9 Å². The minimum absolute atomic E-state index is 0.0939. The predicted molar refractivity (Wildman–Crippen MR) is 107 cm³/mol. The van der Waals surface area contributed by atoms with E-state index < -0.39 is 0 Å². The summed E-state index contributed by atoms with van der Waals surface area (Å²) < 4.78 is 0. The molecule has 0 aliphatic carbocycles. The Hall–Kier alpha value is -0.530. The molecule has 0 aromatic rings. The topological polar surface area (TPSA) is 29.1 Å². The van der Waals surface area contributed by atoms with Crippen LogP contribution in [0.25, 0.3) is 0 Å². The lowest BCUT2D eigenvalue weighted by Gasteiger charge is -2.44. The second-order valence-electron chi connectivity index (χ2n) is 12.0. The quantitative estimate of drug-likeness (QED) is 0.592. The Morgan fingerprint density at radius 3 is 1.58 bits per heavy atom. The van der Waals surface area contributed by atoms with E-state index >= 15 is 0 Å². The van der Waals surface area contributed by atoms with Crippen molar-refractivity contribution in [2.45, 2.75) is 108 Å². The van der Waals surface area contributed by atoms with Crippen molar-refractivity contribution in [1.82, 2.24) is 5.32 Å². The molecular formula is C22H45NO. The Labute approximate surface area is 152 Å². The number of nitrogens with one attached hydrogen (secondary N) is 1. The molecule has 0 radical (unpaired) electrons. The highest BCUT2D eigenvalue weighted by Crippen LogP contribution is 2.46. The van der Waals surface area contributed by atoms with Gasteiger partial charge in [0.15, 0.2) is 0 Å². The summed E-state index contributed by atoms with van der Waals surface area (Å²) in [4.78, 5) is 13.0. The maximum Gasteiger partial charge on any atom is 0.226 e. The summed E-state index contributed by atoms with van der Waals surface area (Å²) in [6.07, 6.45) is 1.86. The van der Waals surface area contributed by atoms with Crippen molar-refractivity contribution in [3.63, 3.8) is 0 Å². The largest absolute Gasteiger partial charge is 0.351 e. The standard InChI is InChI=1S/C22H45NO/c1-16(18(2,3)4)14-22(12,13)23-17(24)20(8,9)15-21(10,11)19(5,6)7/h16H,14-15H2,1-13H3,(H,23,24). The van der Waals surface area contributed by atoms with E-state index in [1.54, 1.807) is 0 Å². The molecule has 0 saturated carbocycles. The van der Waals surface area contributed by atoms with Gasteiger partial charge in [-0.2, -0.15) is 0 Å². The van der Waals surface area contributed by atoms with E-state index in [1.807, 2.05) is 0 Å². The van der Waals surface area contributed by atoms with Crippen molar-refractivity contribution < 1.29 is 4.79 Å². The first-order valence-corrected chi connectivity index (χ1v) is 9.54. The highest BCUT2D eigenvalue weighted by molar-refractivity contribution is 5.82. The molecule has 144 valence electrons. The van der Waals surface area contributed by atoms with E-state index in [1.165, 1.54) is 0 Å². The van der Waals surface area contributed by atoms with E-state index in [-0.39, 0.29) is 33.1 Å². The smallest absolute Gasteiger partial charge is 0.226 e. The molecule has 0 fully saturated rings. The molecule has 0 rings (SSSR count). The van der Waals surface area contributed by atoms with Crippen molar-refractivity contribution in [2.75, 3.05) is 0 Å². The van der Waals surface area contributed by atoms with Crippen LogP contribution in [0, 0.1) is 27.6 Å². The summed E-state index contributed by atoms with van der Waals surface area (Å²) in [6.45, 7) is 28.9. The van der Waals surface area contributed by atoms with Crippen LogP contribution in [0.4, 0.5) is 0 Å². The van der Waals surface area contributed by atoms with Gasteiger partial charge >= 0.3 is 0 Å². The van der Waals surface area contributed by atoms with Gasteiger partial charge in [-0.1, -0.05) is 76.2 Å². The van der Waals surface area contributed by atoms with Crippen LogP contribution >= 0.6 is 0 Å². The predicted octanol–water partition coefficient (Wildman–Crippen LogP) is 6.44. The zero-order valence-electron chi connectivity index (χ0n) is 18.9. The molecule has 0 aliphatic rings. The van der Waals surface area contributed by atoms with Gasteiger partial charge in [-0.3, -0.25) is 4.79 Å². The molecule has 1 unspecified atom stereocenters. The van der Waals surface area contributed by atoms with Gasteiger partial charge in [-0.15, -0.1) is 0 Å². The third-order valence-corrected chi connectivity index (χ3v) is 6.28. The normalized spacial score (nSPS) is 16.0. The third-order valence-electron chi connectivity index (χ3n) is 6.28. The van der Waals surface area contributed by atoms with Crippen molar-refractivity contribution >= 4 is 5.91 Å². The lowest BCUT2D eigenvalue weighted by molar-refractivity contribution is -0.134. The summed E-state index contributed by atoms with van der Waals surface area (Å²) in [7, 11) is 0. The van der Waals surface area contributed by atoms with Gasteiger partial charge in [0.2, 0.25) is 5.91 Å². The van der Waals surface area contributed by atoms with Crippen LogP contribution in [0.2, 0.25) is 0 Å². The van der Waals surface area contributed by atoms with E-state index in [0.717, 1.165) is 12.8 Å². The summed E-state index contributed by atoms with van der Waals surface area (Å²) in [5, 5.41) is 3.33. The van der Waals surface area contributed by atoms with Crippen molar-refractivity contribution in [3.05, 3.63) is 0 Å². The number of carbonyl (C=O) groups excluding carboxylic acids is 1. The monoisotopic (exact) mass is 339 g/mol. The molecule has 24 heavy (non-hydrogen) atoms. The fraction of sp³-hybridized carbons (Fsp3) is 0.955. The van der Waals surface area contributed by atoms with Gasteiger partial charge in [0.25, 0.3) is 0 Å². The van der Waals surface area contributed by atoms with E-state index in [4.69, 9.17) is 0 Å². The van der Waals surface area contributed by atoms with Crippen LogP contribution in [0.1, 0.15) is 103 Å². The molecule has 0 spiro atoms. The average Bonchev–Trinajstić information content (AvgIpc) is 2.22. The molecule has 1 atom stereocenters. The Balaban J connectivity index is 5.08. The van der Waals surface area contributed by atoms with Crippen molar-refractivity contribution in [3.8, 4) is 0 Å². The fourth-order valence-corrected chi connectivity index (χ4v) is 3.05. The first-order chi connectivity index (χ1) is 10.2. The van der Waals surface area contributed by atoms with Gasteiger partial charge in [-0.25, -0.2) is 0 Å². The minimum Gasteiger partial charge on any atom is -0.351 e. The zero-order valence-corrected chi connectivity index (χ0v) is 18.9. The van der Waals surface area contributed by atoms with Crippen LogP contribution in [-0.4, -0.2) is 11.4 Å². The highest BCUT2D eigenvalue weighted by atomic mass is 16.2. The number of rotatable bonds is 6. The van der Waals surface area contributed by atoms with Crippen molar-refractivity contribution in [1.29, 1.82) is 0 Å². The maximum absolute atomic E-state index is 13.0. The number of carbonyl (C=O) groups is 1. The maximum atomic E-state index is 13.0. The number of hydrogen-bond acceptors (Lipinski definition) is 1. The van der Waals surface area contributed by atoms with Gasteiger partial charge in [0, 0.05) is 11.0 Å². The Morgan fingerprint density at radius 2 is 1.25 bits per heavy atom. The fourth-order valence-electron chi connectivity index (χ4n) is 3.05. The van der Waals surface area contributed by atoms with Crippen LogP contribution in [-0.2, 0) is 4.79 Å². The van der Waals surface area contributed by atoms with Gasteiger partial charge in [0.1, 0.15) is 0 Å². The SMILES string of the molecule is CC(CC(C)(C)NC(=O)C(C)(C)CC(C)(C)C(C)(C)C)C(C)(C)C. The summed E-state index contributed by atoms with van der Waals surface area (Å²) >= 11 is 0. The van der Waals surface area contributed by atoms with E-state index in [2.05, 4.69) is 95.3 Å². The van der Waals surface area contributed by atoms with E-state index in [9.17, 15) is 4.79 Å². The number of amides is 1. The lowest BCUT2D eigenvalue weighted by Crippen LogP contribution is -2.51. The molecular weight excluding hydrogens is 294 g/mol. The van der Waals surface area contributed by atoms with Crippen LogP contribution in [0.5, 0.6) is 0 Å². The average molecular weight is 340 g/mol. The zero-order chi connectivity index (χ0) is 19.8. The summed E-state index contributed by atoms with van der Waals surface area (Å²) in [5.74, 6) is 0.716.